The van der Waals surface area contributed by atoms with Gasteiger partial charge < -0.3 is 10.1 Å². The van der Waals surface area contributed by atoms with Gasteiger partial charge in [-0.2, -0.15) is 0 Å². The van der Waals surface area contributed by atoms with Gasteiger partial charge in [0.1, 0.15) is 12.4 Å². The van der Waals surface area contributed by atoms with Crippen molar-refractivity contribution in [1.29, 1.82) is 0 Å². The Kier molecular flexibility index (Phi) is 6.90. The number of benzene rings is 3. The normalized spacial score (nSPS) is 11.3. The third-order valence-corrected chi connectivity index (χ3v) is 6.86. The molecule has 156 valence electrons. The molecule has 0 fully saturated rings. The van der Waals surface area contributed by atoms with Crippen LogP contribution in [0.15, 0.2) is 83.8 Å². The van der Waals surface area contributed by atoms with E-state index in [0.29, 0.717) is 6.61 Å². The van der Waals surface area contributed by atoms with Gasteiger partial charge in [-0.1, -0.05) is 54.6 Å². The molecule has 0 aliphatic rings. The summed E-state index contributed by atoms with van der Waals surface area (Å²) in [5.41, 5.74) is 2.05. The van der Waals surface area contributed by atoms with Crippen LogP contribution < -0.4 is 10.1 Å². The molecule has 3 aromatic rings. The van der Waals surface area contributed by atoms with E-state index in [1.807, 2.05) is 54.6 Å². The summed E-state index contributed by atoms with van der Waals surface area (Å²) in [6, 6.07) is 23.6. The van der Waals surface area contributed by atoms with E-state index in [4.69, 9.17) is 4.74 Å². The Morgan fingerprint density at radius 1 is 0.900 bits per heavy atom. The number of para-hydroxylation sites is 1. The number of amides is 1. The molecule has 5 nitrogen and oxygen atoms in total. The lowest BCUT2D eigenvalue weighted by Gasteiger charge is -2.13. The standard InChI is InChI=1S/C24H25NO4S/c1-18(2)30(27,28)23-14-7-6-13-22(23)24(26)25-16-19-9-8-10-20(15-19)17-29-21-11-4-3-5-12-21/h3-15,18H,16-17H2,1-2H3,(H,25,26). The fraction of sp³-hybridized carbons (Fsp3) is 0.208. The van der Waals surface area contributed by atoms with Crippen LogP contribution in [-0.2, 0) is 23.0 Å². The monoisotopic (exact) mass is 423 g/mol. The van der Waals surface area contributed by atoms with E-state index in [2.05, 4.69) is 5.32 Å². The average Bonchev–Trinajstić information content (AvgIpc) is 2.77. The third-order valence-electron chi connectivity index (χ3n) is 4.65. The van der Waals surface area contributed by atoms with Crippen LogP contribution in [0.1, 0.15) is 35.3 Å². The van der Waals surface area contributed by atoms with E-state index in [9.17, 15) is 13.2 Å². The van der Waals surface area contributed by atoms with Crippen LogP contribution in [0, 0.1) is 0 Å². The fourth-order valence-electron chi connectivity index (χ4n) is 2.95. The Morgan fingerprint density at radius 3 is 2.30 bits per heavy atom. The molecule has 0 radical (unpaired) electrons. The number of hydrogen-bond donors (Lipinski definition) is 1. The smallest absolute Gasteiger partial charge is 0.252 e. The molecule has 0 saturated heterocycles. The summed E-state index contributed by atoms with van der Waals surface area (Å²) < 4.78 is 30.9. The van der Waals surface area contributed by atoms with E-state index in [1.54, 1.807) is 26.0 Å². The van der Waals surface area contributed by atoms with E-state index < -0.39 is 21.0 Å². The summed E-state index contributed by atoms with van der Waals surface area (Å²) >= 11 is 0. The van der Waals surface area contributed by atoms with Gasteiger partial charge in [-0.15, -0.1) is 0 Å². The van der Waals surface area contributed by atoms with Gasteiger partial charge in [-0.25, -0.2) is 8.42 Å². The van der Waals surface area contributed by atoms with Gasteiger partial charge in [-0.05, 0) is 49.2 Å². The van der Waals surface area contributed by atoms with Crippen LogP contribution in [0.3, 0.4) is 0 Å². The van der Waals surface area contributed by atoms with Gasteiger partial charge in [0, 0.05) is 6.54 Å². The summed E-state index contributed by atoms with van der Waals surface area (Å²) in [6.07, 6.45) is 0. The molecule has 0 aromatic heterocycles. The zero-order chi connectivity index (χ0) is 21.6. The Labute approximate surface area is 177 Å². The SMILES string of the molecule is CC(C)S(=O)(=O)c1ccccc1C(=O)NCc1cccc(COc2ccccc2)c1. The first kappa shape index (κ1) is 21.6. The molecular formula is C24H25NO4S. The van der Waals surface area contributed by atoms with Gasteiger partial charge in [0.25, 0.3) is 5.91 Å². The Morgan fingerprint density at radius 2 is 1.57 bits per heavy atom. The van der Waals surface area contributed by atoms with Crippen molar-refractivity contribution in [3.8, 4) is 5.75 Å². The van der Waals surface area contributed by atoms with Crippen molar-refractivity contribution in [2.75, 3.05) is 0 Å². The number of nitrogens with one attached hydrogen (secondary N) is 1. The van der Waals surface area contributed by atoms with E-state index >= 15 is 0 Å². The molecule has 1 amide bonds. The van der Waals surface area contributed by atoms with Crippen molar-refractivity contribution in [2.45, 2.75) is 37.1 Å². The molecule has 3 rings (SSSR count). The third kappa shape index (κ3) is 5.27. The topological polar surface area (TPSA) is 72.5 Å². The first-order valence-corrected chi connectivity index (χ1v) is 11.3. The van der Waals surface area contributed by atoms with Crippen molar-refractivity contribution < 1.29 is 17.9 Å². The number of ether oxygens (including phenoxy) is 1. The molecule has 1 N–H and O–H groups in total. The summed E-state index contributed by atoms with van der Waals surface area (Å²) in [7, 11) is -3.55. The van der Waals surface area contributed by atoms with E-state index in [-0.39, 0.29) is 17.0 Å². The van der Waals surface area contributed by atoms with Crippen molar-refractivity contribution in [3.63, 3.8) is 0 Å². The van der Waals surface area contributed by atoms with Gasteiger partial charge in [0.15, 0.2) is 9.84 Å². The van der Waals surface area contributed by atoms with Gasteiger partial charge in [0.05, 0.1) is 15.7 Å². The molecule has 0 atom stereocenters. The lowest BCUT2D eigenvalue weighted by Crippen LogP contribution is -2.26. The summed E-state index contributed by atoms with van der Waals surface area (Å²) in [5, 5.41) is 2.22. The summed E-state index contributed by atoms with van der Waals surface area (Å²) in [5.74, 6) is 0.375. The highest BCUT2D eigenvalue weighted by Gasteiger charge is 2.25. The number of carbonyl (C=O) groups is 1. The quantitative estimate of drug-likeness (QED) is 0.584. The minimum atomic E-state index is -3.55. The van der Waals surface area contributed by atoms with Gasteiger partial charge in [-0.3, -0.25) is 4.79 Å². The minimum absolute atomic E-state index is 0.0579. The maximum Gasteiger partial charge on any atom is 0.252 e. The molecule has 0 heterocycles. The Balaban J connectivity index is 1.67. The van der Waals surface area contributed by atoms with Crippen molar-refractivity contribution in [1.82, 2.24) is 5.32 Å². The van der Waals surface area contributed by atoms with Crippen LogP contribution in [0.5, 0.6) is 5.75 Å². The Hall–Kier alpha value is -3.12. The lowest BCUT2D eigenvalue weighted by molar-refractivity contribution is 0.0947. The van der Waals surface area contributed by atoms with Crippen LogP contribution in [-0.4, -0.2) is 19.6 Å². The highest BCUT2D eigenvalue weighted by atomic mass is 32.2. The molecule has 0 aliphatic heterocycles. The molecule has 0 bridgehead atoms. The van der Waals surface area contributed by atoms with Crippen LogP contribution in [0.4, 0.5) is 0 Å². The number of carbonyl (C=O) groups excluding carboxylic acids is 1. The van der Waals surface area contributed by atoms with Crippen molar-refractivity contribution in [3.05, 3.63) is 95.6 Å². The highest BCUT2D eigenvalue weighted by molar-refractivity contribution is 7.92. The van der Waals surface area contributed by atoms with Crippen molar-refractivity contribution >= 4 is 15.7 Å². The zero-order valence-corrected chi connectivity index (χ0v) is 17.9. The molecule has 3 aromatic carbocycles. The number of sulfone groups is 1. The molecule has 0 saturated carbocycles. The zero-order valence-electron chi connectivity index (χ0n) is 17.0. The number of rotatable bonds is 8. The maximum atomic E-state index is 12.7. The predicted molar refractivity (Wildman–Crippen MR) is 117 cm³/mol. The summed E-state index contributed by atoms with van der Waals surface area (Å²) in [4.78, 5) is 12.8. The average molecular weight is 424 g/mol. The van der Waals surface area contributed by atoms with Crippen LogP contribution in [0.2, 0.25) is 0 Å². The summed E-state index contributed by atoms with van der Waals surface area (Å²) in [6.45, 7) is 3.91. The minimum Gasteiger partial charge on any atom is -0.489 e. The fourth-order valence-corrected chi connectivity index (χ4v) is 4.19. The first-order chi connectivity index (χ1) is 14.4. The molecule has 0 unspecified atom stereocenters. The van der Waals surface area contributed by atoms with Crippen LogP contribution in [0.25, 0.3) is 0 Å². The largest absolute Gasteiger partial charge is 0.489 e. The first-order valence-electron chi connectivity index (χ1n) is 9.74. The highest BCUT2D eigenvalue weighted by Crippen LogP contribution is 2.20. The van der Waals surface area contributed by atoms with Crippen molar-refractivity contribution in [2.24, 2.45) is 0 Å². The van der Waals surface area contributed by atoms with Gasteiger partial charge in [0.2, 0.25) is 0 Å². The molecule has 30 heavy (non-hydrogen) atoms. The predicted octanol–water partition coefficient (Wildman–Crippen LogP) is 4.38. The second kappa shape index (κ2) is 9.59. The molecule has 0 aliphatic carbocycles. The lowest BCUT2D eigenvalue weighted by atomic mass is 10.1. The second-order valence-corrected chi connectivity index (χ2v) is 9.67. The maximum absolute atomic E-state index is 12.7. The number of hydrogen-bond acceptors (Lipinski definition) is 4. The molecule has 6 heteroatoms. The van der Waals surface area contributed by atoms with E-state index in [1.165, 1.54) is 12.1 Å². The van der Waals surface area contributed by atoms with Crippen LogP contribution >= 0.6 is 0 Å². The second-order valence-electron chi connectivity index (χ2n) is 7.19. The van der Waals surface area contributed by atoms with Gasteiger partial charge >= 0.3 is 0 Å². The molecule has 0 spiro atoms. The Bertz CT molecular complexity index is 1110. The molecular weight excluding hydrogens is 398 g/mol. The van der Waals surface area contributed by atoms with E-state index in [0.717, 1.165) is 16.9 Å².